The third-order valence-electron chi connectivity index (χ3n) is 2.98. The molecule has 1 unspecified atom stereocenters. The first kappa shape index (κ1) is 15.9. The summed E-state index contributed by atoms with van der Waals surface area (Å²) in [5.74, 6) is 0.00604. The van der Waals surface area contributed by atoms with E-state index < -0.39 is 15.7 Å². The maximum atomic E-state index is 13.5. The summed E-state index contributed by atoms with van der Waals surface area (Å²) < 4.78 is 41.1. The number of hydrogen-bond donors (Lipinski definition) is 1. The van der Waals surface area contributed by atoms with E-state index in [9.17, 15) is 12.8 Å². The van der Waals surface area contributed by atoms with Crippen LogP contribution in [0.25, 0.3) is 0 Å². The first-order valence-corrected chi connectivity index (χ1v) is 7.99. The normalized spacial score (nSPS) is 13.3. The van der Waals surface area contributed by atoms with Crippen molar-refractivity contribution in [1.29, 1.82) is 0 Å². The van der Waals surface area contributed by atoms with Crippen LogP contribution in [0.2, 0.25) is 0 Å². The first-order chi connectivity index (χ1) is 8.89. The summed E-state index contributed by atoms with van der Waals surface area (Å²) in [5, 5.41) is 3.07. The number of methoxy groups -OCH3 is 1. The third kappa shape index (κ3) is 4.80. The maximum Gasteiger partial charge on any atom is 0.165 e. The Balaban J connectivity index is 2.59. The number of sulfone groups is 1. The van der Waals surface area contributed by atoms with E-state index in [0.29, 0.717) is 6.54 Å². The molecule has 0 aliphatic carbocycles. The Morgan fingerprint density at radius 3 is 2.63 bits per heavy atom. The van der Waals surface area contributed by atoms with E-state index in [1.165, 1.54) is 13.2 Å². The lowest BCUT2D eigenvalue weighted by molar-refractivity contribution is 0.385. The van der Waals surface area contributed by atoms with Gasteiger partial charge >= 0.3 is 0 Å². The van der Waals surface area contributed by atoms with Gasteiger partial charge in [-0.05, 0) is 24.6 Å². The number of halogens is 1. The molecule has 0 aliphatic rings. The molecule has 1 atom stereocenters. The molecule has 6 heteroatoms. The third-order valence-corrected chi connectivity index (χ3v) is 4.69. The predicted octanol–water partition coefficient (Wildman–Crippen LogP) is 1.92. The molecule has 1 rings (SSSR count). The van der Waals surface area contributed by atoms with Crippen molar-refractivity contribution >= 4 is 9.84 Å². The van der Waals surface area contributed by atoms with Crippen molar-refractivity contribution in [2.75, 3.05) is 25.2 Å². The molecule has 0 fully saturated rings. The molecule has 1 aromatic rings. The van der Waals surface area contributed by atoms with Gasteiger partial charge in [-0.2, -0.15) is 0 Å². The van der Waals surface area contributed by atoms with Gasteiger partial charge in [0.15, 0.2) is 21.4 Å². The van der Waals surface area contributed by atoms with Crippen molar-refractivity contribution in [1.82, 2.24) is 5.32 Å². The Hall–Kier alpha value is -1.14. The van der Waals surface area contributed by atoms with Gasteiger partial charge in [-0.1, -0.05) is 13.0 Å². The molecule has 0 aliphatic heterocycles. The first-order valence-electron chi connectivity index (χ1n) is 6.17. The highest BCUT2D eigenvalue weighted by molar-refractivity contribution is 7.91. The van der Waals surface area contributed by atoms with Crippen LogP contribution in [0.4, 0.5) is 4.39 Å². The molecule has 1 N–H and O–H groups in total. The van der Waals surface area contributed by atoms with Gasteiger partial charge in [0.1, 0.15) is 0 Å². The van der Waals surface area contributed by atoms with Gasteiger partial charge in [0.05, 0.1) is 12.9 Å². The van der Waals surface area contributed by atoms with Crippen molar-refractivity contribution in [3.63, 3.8) is 0 Å². The largest absolute Gasteiger partial charge is 0.494 e. The van der Waals surface area contributed by atoms with Gasteiger partial charge in [0, 0.05) is 18.3 Å². The maximum absolute atomic E-state index is 13.5. The summed E-state index contributed by atoms with van der Waals surface area (Å²) in [7, 11) is -1.56. The Bertz CT molecular complexity index is 517. The van der Waals surface area contributed by atoms with E-state index in [-0.39, 0.29) is 23.3 Å². The van der Waals surface area contributed by atoms with E-state index in [1.54, 1.807) is 19.1 Å². The fourth-order valence-corrected chi connectivity index (χ4v) is 2.36. The number of rotatable bonds is 7. The molecule has 0 amide bonds. The summed E-state index contributed by atoms with van der Waals surface area (Å²) in [6.07, 6.45) is 0. The second-order valence-electron chi connectivity index (χ2n) is 4.31. The number of ether oxygens (including phenoxy) is 1. The smallest absolute Gasteiger partial charge is 0.165 e. The van der Waals surface area contributed by atoms with Crippen LogP contribution < -0.4 is 10.1 Å². The van der Waals surface area contributed by atoms with E-state index in [4.69, 9.17) is 4.74 Å². The van der Waals surface area contributed by atoms with Crippen LogP contribution in [0.5, 0.6) is 5.75 Å². The molecule has 1 aromatic carbocycles. The van der Waals surface area contributed by atoms with Gasteiger partial charge in [-0.25, -0.2) is 12.8 Å². The summed E-state index contributed by atoms with van der Waals surface area (Å²) in [6.45, 7) is 3.84. The molecule has 0 spiro atoms. The molecule has 4 nitrogen and oxygen atoms in total. The number of hydrogen-bond acceptors (Lipinski definition) is 4. The predicted molar refractivity (Wildman–Crippen MR) is 73.7 cm³/mol. The zero-order valence-electron chi connectivity index (χ0n) is 11.4. The average molecular weight is 289 g/mol. The van der Waals surface area contributed by atoms with Gasteiger partial charge < -0.3 is 10.1 Å². The fourth-order valence-electron chi connectivity index (χ4n) is 1.65. The molecule has 0 radical (unpaired) electrons. The van der Waals surface area contributed by atoms with E-state index >= 15 is 0 Å². The summed E-state index contributed by atoms with van der Waals surface area (Å²) >= 11 is 0. The van der Waals surface area contributed by atoms with Crippen molar-refractivity contribution in [2.24, 2.45) is 0 Å². The fraction of sp³-hybridized carbons (Fsp3) is 0.538. The van der Waals surface area contributed by atoms with Crippen LogP contribution >= 0.6 is 0 Å². The second kappa shape index (κ2) is 6.86. The van der Waals surface area contributed by atoms with Crippen LogP contribution in [-0.2, 0) is 9.84 Å². The summed E-state index contributed by atoms with van der Waals surface area (Å²) in [6, 6.07) is 4.59. The van der Waals surface area contributed by atoms with Crippen LogP contribution in [0, 0.1) is 5.82 Å². The molecule has 0 aromatic heterocycles. The Kier molecular flexibility index (Phi) is 5.75. The van der Waals surface area contributed by atoms with Crippen LogP contribution in [0.3, 0.4) is 0 Å². The van der Waals surface area contributed by atoms with E-state index in [2.05, 4.69) is 5.32 Å². The second-order valence-corrected chi connectivity index (χ2v) is 6.78. The Morgan fingerprint density at radius 2 is 2.11 bits per heavy atom. The lowest BCUT2D eigenvalue weighted by Crippen LogP contribution is -2.26. The lowest BCUT2D eigenvalue weighted by atomic mass is 10.1. The monoisotopic (exact) mass is 289 g/mol. The van der Waals surface area contributed by atoms with Crippen molar-refractivity contribution in [3.05, 3.63) is 29.6 Å². The molecule has 108 valence electrons. The number of benzene rings is 1. The van der Waals surface area contributed by atoms with Crippen LogP contribution in [0.1, 0.15) is 25.5 Å². The highest BCUT2D eigenvalue weighted by Crippen LogP contribution is 2.21. The van der Waals surface area contributed by atoms with E-state index in [0.717, 1.165) is 5.56 Å². The van der Waals surface area contributed by atoms with Gasteiger partial charge in [-0.15, -0.1) is 0 Å². The average Bonchev–Trinajstić information content (AvgIpc) is 2.38. The summed E-state index contributed by atoms with van der Waals surface area (Å²) in [4.78, 5) is 0. The van der Waals surface area contributed by atoms with Crippen molar-refractivity contribution in [2.45, 2.75) is 19.9 Å². The zero-order valence-corrected chi connectivity index (χ0v) is 12.3. The zero-order chi connectivity index (χ0) is 14.5. The van der Waals surface area contributed by atoms with Crippen molar-refractivity contribution < 1.29 is 17.5 Å². The molecule has 19 heavy (non-hydrogen) atoms. The molecule has 0 heterocycles. The quantitative estimate of drug-likeness (QED) is 0.833. The number of nitrogens with one attached hydrogen (secondary N) is 1. The van der Waals surface area contributed by atoms with Crippen LogP contribution in [0.15, 0.2) is 18.2 Å². The molecule has 0 bridgehead atoms. The topological polar surface area (TPSA) is 55.4 Å². The van der Waals surface area contributed by atoms with Gasteiger partial charge in [0.2, 0.25) is 0 Å². The Labute approximate surface area is 113 Å². The Morgan fingerprint density at radius 1 is 1.42 bits per heavy atom. The minimum absolute atomic E-state index is 0.0898. The highest BCUT2D eigenvalue weighted by atomic mass is 32.2. The molecular weight excluding hydrogens is 269 g/mol. The highest BCUT2D eigenvalue weighted by Gasteiger charge is 2.11. The van der Waals surface area contributed by atoms with Gasteiger partial charge in [-0.3, -0.25) is 0 Å². The molecular formula is C13H20FNO3S. The lowest BCUT2D eigenvalue weighted by Gasteiger charge is -2.15. The SMILES string of the molecule is CCS(=O)(=O)CCNC(C)c1ccc(OC)c(F)c1. The van der Waals surface area contributed by atoms with Crippen molar-refractivity contribution in [3.8, 4) is 5.75 Å². The van der Waals surface area contributed by atoms with E-state index in [1.807, 2.05) is 6.92 Å². The van der Waals surface area contributed by atoms with Crippen LogP contribution in [-0.4, -0.2) is 33.6 Å². The molecule has 0 saturated carbocycles. The minimum Gasteiger partial charge on any atom is -0.494 e. The summed E-state index contributed by atoms with van der Waals surface area (Å²) in [5.41, 5.74) is 0.757. The minimum atomic E-state index is -2.97. The van der Waals surface area contributed by atoms with Gasteiger partial charge in [0.25, 0.3) is 0 Å². The molecule has 0 saturated heterocycles. The standard InChI is InChI=1S/C13H20FNO3S/c1-4-19(16,17)8-7-15-10(2)11-5-6-13(18-3)12(14)9-11/h5-6,9-10,15H,4,7-8H2,1-3H3.